The summed E-state index contributed by atoms with van der Waals surface area (Å²) in [5.74, 6) is -0.479. The molecule has 0 spiro atoms. The summed E-state index contributed by atoms with van der Waals surface area (Å²) in [6.07, 6.45) is 0. The molecule has 0 aliphatic carbocycles. The van der Waals surface area contributed by atoms with Gasteiger partial charge in [0.15, 0.2) is 0 Å². The monoisotopic (exact) mass is 456 g/mol. The topological polar surface area (TPSA) is 6.48 Å². The predicted octanol–water partition coefficient (Wildman–Crippen LogP) is 6.26. The third kappa shape index (κ3) is 6.99. The highest BCUT2D eigenvalue weighted by atomic mass is 33.1. The second kappa shape index (κ2) is 11.7. The van der Waals surface area contributed by atoms with Crippen molar-refractivity contribution in [3.05, 3.63) is 71.3 Å². The summed E-state index contributed by atoms with van der Waals surface area (Å²) in [7, 11) is 2.83. The van der Waals surface area contributed by atoms with Crippen LogP contribution in [0.1, 0.15) is 25.0 Å². The highest BCUT2D eigenvalue weighted by molar-refractivity contribution is 8.89. The Labute approximate surface area is 184 Å². The lowest BCUT2D eigenvalue weighted by atomic mass is 10.2. The molecule has 0 unspecified atom stereocenters. The summed E-state index contributed by atoms with van der Waals surface area (Å²) < 4.78 is 28.4. The van der Waals surface area contributed by atoms with E-state index < -0.39 is 0 Å². The largest absolute Gasteiger partial charge is 0.353 e. The van der Waals surface area contributed by atoms with E-state index in [1.54, 1.807) is 24.3 Å². The fourth-order valence-electron chi connectivity index (χ4n) is 2.43. The van der Waals surface area contributed by atoms with E-state index in [4.69, 9.17) is 24.4 Å². The minimum atomic E-state index is -0.251. The van der Waals surface area contributed by atoms with Gasteiger partial charge in [0.25, 0.3) is 0 Å². The molecule has 8 heteroatoms. The van der Waals surface area contributed by atoms with Gasteiger partial charge < -0.3 is 9.80 Å². The first-order valence-corrected chi connectivity index (χ1v) is 11.8. The van der Waals surface area contributed by atoms with E-state index in [1.807, 2.05) is 29.7 Å². The Hall–Kier alpha value is -1.22. The van der Waals surface area contributed by atoms with Crippen LogP contribution in [-0.2, 0) is 13.1 Å². The van der Waals surface area contributed by atoms with Crippen molar-refractivity contribution in [2.75, 3.05) is 13.1 Å². The predicted molar refractivity (Wildman–Crippen MR) is 125 cm³/mol. The van der Waals surface area contributed by atoms with Gasteiger partial charge in [0, 0.05) is 31.7 Å². The van der Waals surface area contributed by atoms with Gasteiger partial charge in [-0.05, 0) is 59.2 Å². The zero-order valence-corrected chi connectivity index (χ0v) is 19.0. The minimum Gasteiger partial charge on any atom is -0.353 e. The van der Waals surface area contributed by atoms with Crippen LogP contribution in [0.3, 0.4) is 0 Å². The number of thiocarbonyl (C=S) groups is 2. The molecular formula is C20H22F2N2S4. The van der Waals surface area contributed by atoms with Crippen molar-refractivity contribution in [3.63, 3.8) is 0 Å². The Morgan fingerprint density at radius 3 is 1.89 bits per heavy atom. The van der Waals surface area contributed by atoms with Gasteiger partial charge in [0.2, 0.25) is 0 Å². The van der Waals surface area contributed by atoms with Gasteiger partial charge in [-0.3, -0.25) is 0 Å². The second-order valence-corrected chi connectivity index (χ2v) is 9.34. The van der Waals surface area contributed by atoms with Crippen molar-refractivity contribution in [2.24, 2.45) is 0 Å². The molecule has 0 amide bonds. The normalized spacial score (nSPS) is 10.6. The van der Waals surface area contributed by atoms with Gasteiger partial charge in [-0.15, -0.1) is 0 Å². The molecule has 0 aliphatic rings. The maximum atomic E-state index is 13.9. The molecule has 0 aromatic heterocycles. The van der Waals surface area contributed by atoms with Crippen LogP contribution in [0.4, 0.5) is 8.78 Å². The number of hydrogen-bond acceptors (Lipinski definition) is 4. The van der Waals surface area contributed by atoms with Crippen LogP contribution in [0, 0.1) is 11.6 Å². The molecule has 2 nitrogen and oxygen atoms in total. The van der Waals surface area contributed by atoms with Gasteiger partial charge in [-0.25, -0.2) is 8.78 Å². The summed E-state index contributed by atoms with van der Waals surface area (Å²) in [6, 6.07) is 13.1. The quantitative estimate of drug-likeness (QED) is 0.371. The molecule has 0 atom stereocenters. The number of rotatable bonds is 6. The van der Waals surface area contributed by atoms with Crippen LogP contribution in [0.15, 0.2) is 48.5 Å². The van der Waals surface area contributed by atoms with Gasteiger partial charge >= 0.3 is 0 Å². The Bertz CT molecular complexity index is 799. The lowest BCUT2D eigenvalue weighted by Gasteiger charge is -2.25. The molecule has 2 aromatic rings. The average molecular weight is 457 g/mol. The number of hydrogen-bond donors (Lipinski definition) is 0. The molecule has 28 heavy (non-hydrogen) atoms. The summed E-state index contributed by atoms with van der Waals surface area (Å²) >= 11 is 11.1. The lowest BCUT2D eigenvalue weighted by Crippen LogP contribution is -2.28. The Balaban J connectivity index is 1.90. The third-order valence-corrected chi connectivity index (χ3v) is 7.80. The zero-order valence-electron chi connectivity index (χ0n) is 15.7. The number of benzene rings is 2. The van der Waals surface area contributed by atoms with Crippen LogP contribution >= 0.6 is 46.0 Å². The lowest BCUT2D eigenvalue weighted by molar-refractivity contribution is 0.438. The average Bonchev–Trinajstić information content (AvgIpc) is 2.70. The molecule has 0 fully saturated rings. The van der Waals surface area contributed by atoms with Crippen molar-refractivity contribution in [2.45, 2.75) is 26.9 Å². The van der Waals surface area contributed by atoms with E-state index in [1.165, 1.54) is 39.8 Å². The standard InChI is InChI=1S/C20H22F2N2S4/c1-3-23(13-15-9-11-17(21)12-10-15)19(25)27-28-20(26)24(4-2)14-16-7-5-6-8-18(16)22/h5-12H,3-4,13-14H2,1-2H3. The van der Waals surface area contributed by atoms with Crippen molar-refractivity contribution in [3.8, 4) is 0 Å². The molecule has 0 saturated heterocycles. The molecule has 0 radical (unpaired) electrons. The van der Waals surface area contributed by atoms with E-state index in [9.17, 15) is 8.78 Å². The van der Waals surface area contributed by atoms with Crippen molar-refractivity contribution in [1.82, 2.24) is 9.80 Å². The first kappa shape index (κ1) is 23.1. The van der Waals surface area contributed by atoms with E-state index in [0.717, 1.165) is 12.1 Å². The molecule has 150 valence electrons. The van der Waals surface area contributed by atoms with Crippen LogP contribution in [0.25, 0.3) is 0 Å². The molecule has 0 saturated carbocycles. The molecule has 0 bridgehead atoms. The van der Waals surface area contributed by atoms with Gasteiger partial charge in [-0.2, -0.15) is 0 Å². The first-order valence-electron chi connectivity index (χ1n) is 8.84. The number of halogens is 2. The summed E-state index contributed by atoms with van der Waals surface area (Å²) in [6.45, 7) is 6.47. The molecule has 2 aromatic carbocycles. The van der Waals surface area contributed by atoms with Crippen LogP contribution in [-0.4, -0.2) is 31.5 Å². The molecule has 2 rings (SSSR count). The highest BCUT2D eigenvalue weighted by Gasteiger charge is 2.15. The molecule has 0 aliphatic heterocycles. The van der Waals surface area contributed by atoms with Crippen molar-refractivity contribution >= 4 is 54.7 Å². The Morgan fingerprint density at radius 1 is 0.821 bits per heavy atom. The summed E-state index contributed by atoms with van der Waals surface area (Å²) in [4.78, 5) is 3.99. The van der Waals surface area contributed by atoms with Crippen LogP contribution in [0.2, 0.25) is 0 Å². The molecule has 0 heterocycles. The molecular weight excluding hydrogens is 434 g/mol. The summed E-state index contributed by atoms with van der Waals surface area (Å²) in [5, 5.41) is 0. The third-order valence-electron chi connectivity index (χ3n) is 4.07. The van der Waals surface area contributed by atoms with Crippen molar-refractivity contribution in [1.29, 1.82) is 0 Å². The first-order chi connectivity index (χ1) is 13.4. The fourth-order valence-corrected chi connectivity index (χ4v) is 5.23. The minimum absolute atomic E-state index is 0.228. The van der Waals surface area contributed by atoms with Gasteiger partial charge in [0.1, 0.15) is 20.3 Å². The van der Waals surface area contributed by atoms with Crippen LogP contribution in [0.5, 0.6) is 0 Å². The highest BCUT2D eigenvalue weighted by Crippen LogP contribution is 2.30. The smallest absolute Gasteiger partial charge is 0.147 e. The Kier molecular flexibility index (Phi) is 9.64. The maximum Gasteiger partial charge on any atom is 0.147 e. The SMILES string of the molecule is CCN(Cc1ccc(F)cc1)C(=S)SSC(=S)N(CC)Cc1ccccc1F. The maximum absolute atomic E-state index is 13.9. The van der Waals surface area contributed by atoms with Gasteiger partial charge in [-0.1, -0.05) is 54.8 Å². The van der Waals surface area contributed by atoms with E-state index in [2.05, 4.69) is 0 Å². The van der Waals surface area contributed by atoms with E-state index >= 15 is 0 Å². The summed E-state index contributed by atoms with van der Waals surface area (Å²) in [5.41, 5.74) is 1.61. The number of nitrogens with zero attached hydrogens (tertiary/aromatic N) is 2. The zero-order chi connectivity index (χ0) is 20.5. The van der Waals surface area contributed by atoms with E-state index in [-0.39, 0.29) is 11.6 Å². The fraction of sp³-hybridized carbons (Fsp3) is 0.300. The molecule has 0 N–H and O–H groups in total. The van der Waals surface area contributed by atoms with Gasteiger partial charge in [0.05, 0.1) is 0 Å². The Morgan fingerprint density at radius 2 is 1.36 bits per heavy atom. The second-order valence-electron chi connectivity index (χ2n) is 5.94. The van der Waals surface area contributed by atoms with Crippen molar-refractivity contribution < 1.29 is 8.78 Å². The van der Waals surface area contributed by atoms with E-state index in [0.29, 0.717) is 33.8 Å². The van der Waals surface area contributed by atoms with Crippen LogP contribution < -0.4 is 0 Å².